The maximum Gasteiger partial charge on any atom is 0.270 e. The zero-order valence-corrected chi connectivity index (χ0v) is 18.3. The summed E-state index contributed by atoms with van der Waals surface area (Å²) in [5, 5.41) is 0.750. The van der Waals surface area contributed by atoms with Crippen molar-refractivity contribution in [3.05, 3.63) is 45.1 Å². The molecule has 2 heterocycles. The van der Waals surface area contributed by atoms with E-state index < -0.39 is 0 Å². The Morgan fingerprint density at radius 2 is 1.85 bits per heavy atom. The summed E-state index contributed by atoms with van der Waals surface area (Å²) in [5.41, 5.74) is 2.22. The number of rotatable bonds is 8. The van der Waals surface area contributed by atoms with E-state index in [1.54, 1.807) is 28.4 Å². The Morgan fingerprint density at radius 3 is 2.48 bits per heavy atom. The SMILES string of the molecule is CCc1ccc2nc(N(CCN(CC)CC)C(=O)c3ccc(Cl)s3)sc2c1. The lowest BCUT2D eigenvalue weighted by molar-refractivity contribution is 0.0987. The second-order valence-corrected chi connectivity index (χ2v) is 8.96. The topological polar surface area (TPSA) is 36.4 Å². The predicted molar refractivity (Wildman–Crippen MR) is 118 cm³/mol. The largest absolute Gasteiger partial charge is 0.302 e. The van der Waals surface area contributed by atoms with E-state index in [-0.39, 0.29) is 5.91 Å². The Kier molecular flexibility index (Phi) is 6.87. The van der Waals surface area contributed by atoms with Crippen molar-refractivity contribution in [2.24, 2.45) is 0 Å². The lowest BCUT2D eigenvalue weighted by Crippen LogP contribution is -2.38. The van der Waals surface area contributed by atoms with Crippen LogP contribution in [0.5, 0.6) is 0 Å². The van der Waals surface area contributed by atoms with Gasteiger partial charge in [-0.1, -0.05) is 49.8 Å². The molecule has 7 heteroatoms. The summed E-state index contributed by atoms with van der Waals surface area (Å²) in [7, 11) is 0. The molecule has 1 aromatic carbocycles. The number of hydrogen-bond acceptors (Lipinski definition) is 5. The first-order valence-corrected chi connectivity index (χ1v) is 11.3. The van der Waals surface area contributed by atoms with Crippen LogP contribution >= 0.6 is 34.3 Å². The van der Waals surface area contributed by atoms with Gasteiger partial charge >= 0.3 is 0 Å². The maximum absolute atomic E-state index is 13.2. The van der Waals surface area contributed by atoms with Crippen LogP contribution in [0.4, 0.5) is 5.13 Å². The molecular weight excluding hydrogens is 398 g/mol. The Labute approximate surface area is 173 Å². The van der Waals surface area contributed by atoms with E-state index >= 15 is 0 Å². The number of aryl methyl sites for hydroxylation is 1. The quantitative estimate of drug-likeness (QED) is 0.477. The third-order valence-electron chi connectivity index (χ3n) is 4.64. The van der Waals surface area contributed by atoms with Crippen LogP contribution in [0.3, 0.4) is 0 Å². The molecule has 3 rings (SSSR count). The van der Waals surface area contributed by atoms with Crippen LogP contribution < -0.4 is 4.90 Å². The van der Waals surface area contributed by atoms with Crippen LogP contribution in [0.2, 0.25) is 4.34 Å². The Hall–Kier alpha value is -1.47. The molecule has 1 amide bonds. The predicted octanol–water partition coefficient (Wildman–Crippen LogP) is 5.56. The van der Waals surface area contributed by atoms with Crippen molar-refractivity contribution in [1.29, 1.82) is 0 Å². The molecule has 3 aromatic rings. The first kappa shape index (κ1) is 20.3. The standard InChI is InChI=1S/C20H24ClN3OS2/c1-4-14-7-8-15-17(13-14)27-20(22-15)24(12-11-23(5-2)6-3)19(25)16-9-10-18(21)26-16/h7-10,13H,4-6,11-12H2,1-3H3. The summed E-state index contributed by atoms with van der Waals surface area (Å²) in [5.74, 6) is -0.0335. The number of amides is 1. The van der Waals surface area contributed by atoms with E-state index in [0.717, 1.165) is 41.4 Å². The number of benzene rings is 1. The van der Waals surface area contributed by atoms with Gasteiger partial charge in [0.1, 0.15) is 0 Å². The first-order valence-electron chi connectivity index (χ1n) is 9.24. The van der Waals surface area contributed by atoms with Gasteiger partial charge in [0, 0.05) is 13.1 Å². The molecule has 2 aromatic heterocycles. The summed E-state index contributed by atoms with van der Waals surface area (Å²) in [6.45, 7) is 9.76. The number of fused-ring (bicyclic) bond motifs is 1. The Morgan fingerprint density at radius 1 is 1.07 bits per heavy atom. The van der Waals surface area contributed by atoms with Crippen LogP contribution in [0.1, 0.15) is 36.0 Å². The number of hydrogen-bond donors (Lipinski definition) is 0. The molecule has 0 bridgehead atoms. The molecule has 4 nitrogen and oxygen atoms in total. The smallest absolute Gasteiger partial charge is 0.270 e. The van der Waals surface area contributed by atoms with Gasteiger partial charge in [-0.3, -0.25) is 9.69 Å². The number of carbonyl (C=O) groups is 1. The summed E-state index contributed by atoms with van der Waals surface area (Å²) in [4.78, 5) is 22.7. The number of anilines is 1. The maximum atomic E-state index is 13.2. The van der Waals surface area contributed by atoms with E-state index in [0.29, 0.717) is 15.8 Å². The van der Waals surface area contributed by atoms with Crippen LogP contribution in [0.25, 0.3) is 10.2 Å². The van der Waals surface area contributed by atoms with E-state index in [1.165, 1.54) is 16.9 Å². The number of nitrogens with zero attached hydrogens (tertiary/aromatic N) is 3. The Balaban J connectivity index is 1.94. The summed E-state index contributed by atoms with van der Waals surface area (Å²) >= 11 is 8.95. The van der Waals surface area contributed by atoms with Crippen molar-refractivity contribution < 1.29 is 4.79 Å². The number of likely N-dealkylation sites (N-methyl/N-ethyl adjacent to an activating group) is 1. The third-order valence-corrected chi connectivity index (χ3v) is 6.90. The fourth-order valence-corrected chi connectivity index (χ4v) is 4.97. The fraction of sp³-hybridized carbons (Fsp3) is 0.400. The lowest BCUT2D eigenvalue weighted by atomic mass is 10.2. The minimum atomic E-state index is -0.0335. The van der Waals surface area contributed by atoms with Crippen LogP contribution in [-0.2, 0) is 6.42 Å². The second kappa shape index (κ2) is 9.15. The van der Waals surface area contributed by atoms with Crippen molar-refractivity contribution in [2.45, 2.75) is 27.2 Å². The average molecular weight is 422 g/mol. The lowest BCUT2D eigenvalue weighted by Gasteiger charge is -2.24. The second-order valence-electron chi connectivity index (χ2n) is 6.24. The van der Waals surface area contributed by atoms with Gasteiger partial charge in [0.25, 0.3) is 5.91 Å². The molecule has 144 valence electrons. The minimum Gasteiger partial charge on any atom is -0.302 e. The zero-order valence-electron chi connectivity index (χ0n) is 15.9. The highest BCUT2D eigenvalue weighted by molar-refractivity contribution is 7.22. The van der Waals surface area contributed by atoms with Gasteiger partial charge in [0.2, 0.25) is 0 Å². The van der Waals surface area contributed by atoms with Crippen LogP contribution in [0.15, 0.2) is 30.3 Å². The highest BCUT2D eigenvalue weighted by atomic mass is 35.5. The van der Waals surface area contributed by atoms with Gasteiger partial charge in [-0.15, -0.1) is 11.3 Å². The highest BCUT2D eigenvalue weighted by Crippen LogP contribution is 2.32. The van der Waals surface area contributed by atoms with Gasteiger partial charge in [-0.2, -0.15) is 0 Å². The molecule has 0 saturated carbocycles. The zero-order chi connectivity index (χ0) is 19.4. The van der Waals surface area contributed by atoms with Gasteiger partial charge in [-0.25, -0.2) is 4.98 Å². The molecule has 0 unspecified atom stereocenters. The molecule has 0 saturated heterocycles. The van der Waals surface area contributed by atoms with Gasteiger partial charge < -0.3 is 4.90 Å². The van der Waals surface area contributed by atoms with Gasteiger partial charge in [0.15, 0.2) is 5.13 Å². The van der Waals surface area contributed by atoms with E-state index in [4.69, 9.17) is 16.6 Å². The molecule has 0 spiro atoms. The van der Waals surface area contributed by atoms with E-state index in [1.807, 2.05) is 6.07 Å². The number of halogens is 1. The molecule has 0 aliphatic rings. The summed E-state index contributed by atoms with van der Waals surface area (Å²) in [6.07, 6.45) is 0.988. The highest BCUT2D eigenvalue weighted by Gasteiger charge is 2.23. The fourth-order valence-electron chi connectivity index (χ4n) is 2.92. The molecule has 0 aliphatic carbocycles. The Bertz CT molecular complexity index is 917. The molecule has 0 N–H and O–H groups in total. The summed E-state index contributed by atoms with van der Waals surface area (Å²) in [6, 6.07) is 9.89. The number of thiophene rings is 1. The molecule has 0 atom stereocenters. The average Bonchev–Trinajstić information content (AvgIpc) is 3.30. The number of aromatic nitrogens is 1. The first-order chi connectivity index (χ1) is 13.0. The van der Waals surface area contributed by atoms with Crippen LogP contribution in [0, 0.1) is 0 Å². The van der Waals surface area contributed by atoms with Crippen molar-refractivity contribution in [1.82, 2.24) is 9.88 Å². The van der Waals surface area contributed by atoms with Crippen LogP contribution in [-0.4, -0.2) is 42.0 Å². The molecule has 27 heavy (non-hydrogen) atoms. The molecular formula is C20H24ClN3OS2. The monoisotopic (exact) mass is 421 g/mol. The van der Waals surface area contributed by atoms with Crippen molar-refractivity contribution in [3.63, 3.8) is 0 Å². The third kappa shape index (κ3) is 4.69. The minimum absolute atomic E-state index is 0.0335. The van der Waals surface area contributed by atoms with E-state index in [9.17, 15) is 4.79 Å². The summed E-state index contributed by atoms with van der Waals surface area (Å²) < 4.78 is 1.74. The number of thiazole rings is 1. The van der Waals surface area contributed by atoms with Crippen molar-refractivity contribution in [3.8, 4) is 0 Å². The van der Waals surface area contributed by atoms with Gasteiger partial charge in [-0.05, 0) is 49.3 Å². The van der Waals surface area contributed by atoms with Gasteiger partial charge in [0.05, 0.1) is 19.4 Å². The molecule has 0 radical (unpaired) electrons. The molecule has 0 aliphatic heterocycles. The van der Waals surface area contributed by atoms with Crippen molar-refractivity contribution in [2.75, 3.05) is 31.1 Å². The van der Waals surface area contributed by atoms with E-state index in [2.05, 4.69) is 37.8 Å². The normalized spacial score (nSPS) is 11.4. The number of carbonyl (C=O) groups excluding carboxylic acids is 1. The molecule has 0 fully saturated rings. The van der Waals surface area contributed by atoms with Crippen molar-refractivity contribution >= 4 is 55.5 Å².